The Balaban J connectivity index is 1.84. The van der Waals surface area contributed by atoms with Gasteiger partial charge in [0.1, 0.15) is 10.7 Å². The average Bonchev–Trinajstić information content (AvgIpc) is 3.21. The van der Waals surface area contributed by atoms with Crippen molar-refractivity contribution in [3.63, 3.8) is 0 Å². The zero-order chi connectivity index (χ0) is 18.9. The number of rotatable bonds is 4. The number of aromatic nitrogens is 4. The monoisotopic (exact) mass is 369 g/mol. The van der Waals surface area contributed by atoms with E-state index in [9.17, 15) is 4.79 Å². The molecule has 1 N–H and O–H groups in total. The van der Waals surface area contributed by atoms with Gasteiger partial charge in [-0.25, -0.2) is 9.78 Å². The standard InChI is InChI=1S/C19H23N5OS/c1-12(2)19(4,5)22-18(25)24-10-8-15(23-24)16-13(3)21-17(26-16)14-7-6-9-20-11-14/h6-12H,1-5H3,(H,22,25). The van der Waals surface area contributed by atoms with Gasteiger partial charge in [-0.15, -0.1) is 11.3 Å². The molecule has 0 spiro atoms. The Hall–Kier alpha value is -2.54. The second-order valence-corrected chi connectivity index (χ2v) is 8.13. The second kappa shape index (κ2) is 6.99. The SMILES string of the molecule is Cc1nc(-c2cccnc2)sc1-c1ccn(C(=O)NC(C)(C)C(C)C)n1. The Bertz CT molecular complexity index is 911. The molecule has 0 atom stereocenters. The molecular formula is C19H23N5OS. The maximum Gasteiger partial charge on any atom is 0.342 e. The fraction of sp³-hybridized carbons (Fsp3) is 0.368. The molecule has 136 valence electrons. The second-order valence-electron chi connectivity index (χ2n) is 7.13. The Morgan fingerprint density at radius 2 is 2.08 bits per heavy atom. The number of hydrogen-bond donors (Lipinski definition) is 1. The molecule has 0 radical (unpaired) electrons. The first kappa shape index (κ1) is 18.3. The van der Waals surface area contributed by atoms with Gasteiger partial charge < -0.3 is 5.32 Å². The van der Waals surface area contributed by atoms with Crippen LogP contribution in [0.2, 0.25) is 0 Å². The van der Waals surface area contributed by atoms with Gasteiger partial charge >= 0.3 is 6.03 Å². The molecule has 3 aromatic rings. The molecule has 0 aliphatic heterocycles. The van der Waals surface area contributed by atoms with Crippen LogP contribution in [-0.2, 0) is 0 Å². The van der Waals surface area contributed by atoms with Crippen LogP contribution in [0.5, 0.6) is 0 Å². The molecule has 6 nitrogen and oxygen atoms in total. The molecule has 3 rings (SSSR count). The number of carbonyl (C=O) groups is 1. The summed E-state index contributed by atoms with van der Waals surface area (Å²) in [4.78, 5) is 22.2. The van der Waals surface area contributed by atoms with Crippen molar-refractivity contribution in [3.8, 4) is 21.1 Å². The summed E-state index contributed by atoms with van der Waals surface area (Å²) in [6.07, 6.45) is 5.22. The molecule has 0 aliphatic rings. The molecule has 0 saturated carbocycles. The molecule has 0 fully saturated rings. The summed E-state index contributed by atoms with van der Waals surface area (Å²) in [6, 6.07) is 5.48. The number of nitrogens with one attached hydrogen (secondary N) is 1. The van der Waals surface area contributed by atoms with E-state index >= 15 is 0 Å². The summed E-state index contributed by atoms with van der Waals surface area (Å²) < 4.78 is 1.35. The van der Waals surface area contributed by atoms with Crippen LogP contribution in [0.4, 0.5) is 4.79 Å². The number of thiazole rings is 1. The van der Waals surface area contributed by atoms with E-state index in [2.05, 4.69) is 34.2 Å². The topological polar surface area (TPSA) is 72.7 Å². The lowest BCUT2D eigenvalue weighted by Gasteiger charge is -2.30. The van der Waals surface area contributed by atoms with Crippen LogP contribution in [0.15, 0.2) is 36.8 Å². The lowest BCUT2D eigenvalue weighted by Crippen LogP contribution is -2.49. The van der Waals surface area contributed by atoms with Crippen molar-refractivity contribution in [2.75, 3.05) is 0 Å². The van der Waals surface area contributed by atoms with Gasteiger partial charge in [0.05, 0.1) is 10.6 Å². The van der Waals surface area contributed by atoms with E-state index in [1.165, 1.54) is 4.68 Å². The van der Waals surface area contributed by atoms with Crippen LogP contribution in [0.1, 0.15) is 33.4 Å². The first-order valence-electron chi connectivity index (χ1n) is 8.54. The van der Waals surface area contributed by atoms with Gasteiger partial charge in [-0.05, 0) is 44.9 Å². The smallest absolute Gasteiger partial charge is 0.331 e. The van der Waals surface area contributed by atoms with Gasteiger partial charge in [-0.2, -0.15) is 9.78 Å². The Labute approximate surface area is 157 Å². The number of nitrogens with zero attached hydrogens (tertiary/aromatic N) is 4. The number of amides is 1. The third-order valence-corrected chi connectivity index (χ3v) is 5.84. The third kappa shape index (κ3) is 3.67. The highest BCUT2D eigenvalue weighted by molar-refractivity contribution is 7.18. The number of pyridine rings is 1. The quantitative estimate of drug-likeness (QED) is 0.741. The molecule has 7 heteroatoms. The van der Waals surface area contributed by atoms with E-state index in [-0.39, 0.29) is 11.6 Å². The third-order valence-electron chi connectivity index (χ3n) is 4.61. The van der Waals surface area contributed by atoms with Crippen LogP contribution in [0.25, 0.3) is 21.1 Å². The number of hydrogen-bond acceptors (Lipinski definition) is 5. The molecule has 3 heterocycles. The largest absolute Gasteiger partial charge is 0.342 e. The summed E-state index contributed by atoms with van der Waals surface area (Å²) in [5, 5.41) is 8.37. The van der Waals surface area contributed by atoms with Gasteiger partial charge in [-0.1, -0.05) is 13.8 Å². The van der Waals surface area contributed by atoms with Crippen LogP contribution < -0.4 is 5.32 Å². The molecule has 26 heavy (non-hydrogen) atoms. The minimum Gasteiger partial charge on any atom is -0.331 e. The number of carbonyl (C=O) groups excluding carboxylic acids is 1. The highest BCUT2D eigenvalue weighted by Gasteiger charge is 2.25. The minimum atomic E-state index is -0.308. The van der Waals surface area contributed by atoms with E-state index in [4.69, 9.17) is 0 Å². The zero-order valence-electron chi connectivity index (χ0n) is 15.6. The van der Waals surface area contributed by atoms with Crippen LogP contribution in [-0.4, -0.2) is 31.3 Å². The predicted molar refractivity (Wildman–Crippen MR) is 104 cm³/mol. The normalized spacial score (nSPS) is 11.8. The lowest BCUT2D eigenvalue weighted by molar-refractivity contribution is 0.217. The fourth-order valence-electron chi connectivity index (χ4n) is 2.28. The van der Waals surface area contributed by atoms with E-state index in [1.807, 2.05) is 39.0 Å². The predicted octanol–water partition coefficient (Wildman–Crippen LogP) is 4.37. The van der Waals surface area contributed by atoms with Crippen molar-refractivity contribution in [3.05, 3.63) is 42.5 Å². The van der Waals surface area contributed by atoms with Crippen molar-refractivity contribution >= 4 is 17.4 Å². The van der Waals surface area contributed by atoms with Crippen molar-refractivity contribution in [1.82, 2.24) is 25.1 Å². The van der Waals surface area contributed by atoms with E-state index < -0.39 is 0 Å². The summed E-state index contributed by atoms with van der Waals surface area (Å²) in [7, 11) is 0. The lowest BCUT2D eigenvalue weighted by atomic mass is 9.91. The van der Waals surface area contributed by atoms with Crippen molar-refractivity contribution < 1.29 is 4.79 Å². The highest BCUT2D eigenvalue weighted by atomic mass is 32.1. The van der Waals surface area contributed by atoms with Gasteiger partial charge in [-0.3, -0.25) is 4.98 Å². The Kier molecular flexibility index (Phi) is 4.91. The van der Waals surface area contributed by atoms with E-state index in [1.54, 1.807) is 29.9 Å². The van der Waals surface area contributed by atoms with Crippen LogP contribution >= 0.6 is 11.3 Å². The molecule has 1 amide bonds. The summed E-state index contributed by atoms with van der Waals surface area (Å²) >= 11 is 1.55. The maximum absolute atomic E-state index is 12.5. The van der Waals surface area contributed by atoms with E-state index in [0.717, 1.165) is 26.8 Å². The number of aryl methyl sites for hydroxylation is 1. The summed E-state index contributed by atoms with van der Waals surface area (Å²) in [5.74, 6) is 0.312. The van der Waals surface area contributed by atoms with Gasteiger partial charge in [0.25, 0.3) is 0 Å². The summed E-state index contributed by atoms with van der Waals surface area (Å²) in [6.45, 7) is 10.1. The highest BCUT2D eigenvalue weighted by Crippen LogP contribution is 2.33. The average molecular weight is 369 g/mol. The molecule has 0 bridgehead atoms. The van der Waals surface area contributed by atoms with Crippen LogP contribution in [0, 0.1) is 12.8 Å². The Morgan fingerprint density at radius 1 is 1.31 bits per heavy atom. The zero-order valence-corrected chi connectivity index (χ0v) is 16.5. The maximum atomic E-state index is 12.5. The van der Waals surface area contributed by atoms with Crippen molar-refractivity contribution in [2.45, 2.75) is 40.2 Å². The molecule has 0 aliphatic carbocycles. The molecule has 0 saturated heterocycles. The van der Waals surface area contributed by atoms with E-state index in [0.29, 0.717) is 5.92 Å². The first-order valence-corrected chi connectivity index (χ1v) is 9.36. The molecule has 3 aromatic heterocycles. The van der Waals surface area contributed by atoms with Crippen molar-refractivity contribution in [2.24, 2.45) is 5.92 Å². The van der Waals surface area contributed by atoms with Gasteiger partial charge in [0.2, 0.25) is 0 Å². The van der Waals surface area contributed by atoms with Gasteiger partial charge in [0.15, 0.2) is 0 Å². The van der Waals surface area contributed by atoms with Crippen molar-refractivity contribution in [1.29, 1.82) is 0 Å². The molecular weight excluding hydrogens is 346 g/mol. The minimum absolute atomic E-state index is 0.232. The fourth-order valence-corrected chi connectivity index (χ4v) is 3.30. The molecule has 0 unspecified atom stereocenters. The van der Waals surface area contributed by atoms with Gasteiger partial charge in [0, 0.05) is 29.7 Å². The van der Waals surface area contributed by atoms with Crippen LogP contribution in [0.3, 0.4) is 0 Å². The molecule has 0 aromatic carbocycles. The summed E-state index contributed by atoms with van der Waals surface area (Å²) in [5.41, 5.74) is 2.30. The Morgan fingerprint density at radius 3 is 2.73 bits per heavy atom. The first-order chi connectivity index (χ1) is 12.3.